The Kier molecular flexibility index (Phi) is 6.49. The van der Waals surface area contributed by atoms with Crippen molar-refractivity contribution >= 4 is 23.7 Å². The van der Waals surface area contributed by atoms with Crippen molar-refractivity contribution < 1.29 is 23.9 Å². The van der Waals surface area contributed by atoms with Crippen molar-refractivity contribution in [2.45, 2.75) is 39.7 Å². The molecule has 7 heteroatoms. The zero-order valence-corrected chi connectivity index (χ0v) is 15.4. The molecular formula is C19H24N2O5. The van der Waals surface area contributed by atoms with E-state index in [4.69, 9.17) is 4.74 Å². The fourth-order valence-electron chi connectivity index (χ4n) is 2.86. The Balaban J connectivity index is 2.08. The Hall–Kier alpha value is -2.70. The number of carbonyl (C=O) groups is 4. The van der Waals surface area contributed by atoms with Crippen LogP contribution in [0.2, 0.25) is 0 Å². The fourth-order valence-corrected chi connectivity index (χ4v) is 2.86. The molecule has 3 amide bonds. The Morgan fingerprint density at radius 1 is 1.12 bits per heavy atom. The molecule has 7 nitrogen and oxygen atoms in total. The van der Waals surface area contributed by atoms with Crippen LogP contribution < -0.4 is 0 Å². The van der Waals surface area contributed by atoms with Crippen molar-refractivity contribution in [1.29, 1.82) is 0 Å². The van der Waals surface area contributed by atoms with Gasteiger partial charge in [-0.05, 0) is 32.4 Å². The quantitative estimate of drug-likeness (QED) is 0.522. The average molecular weight is 360 g/mol. The van der Waals surface area contributed by atoms with Gasteiger partial charge in [0.25, 0.3) is 11.8 Å². The predicted molar refractivity (Wildman–Crippen MR) is 94.5 cm³/mol. The molecule has 0 saturated heterocycles. The number of fused-ring (bicyclic) bond motifs is 1. The summed E-state index contributed by atoms with van der Waals surface area (Å²) in [4.78, 5) is 51.7. The lowest BCUT2D eigenvalue weighted by Crippen LogP contribution is -2.46. The molecule has 0 bridgehead atoms. The minimum Gasteiger partial charge on any atom is -0.466 e. The van der Waals surface area contributed by atoms with E-state index in [9.17, 15) is 19.2 Å². The molecule has 0 N–H and O–H groups in total. The summed E-state index contributed by atoms with van der Waals surface area (Å²) in [6, 6.07) is 6.40. The van der Waals surface area contributed by atoms with E-state index in [2.05, 4.69) is 0 Å². The zero-order chi connectivity index (χ0) is 19.3. The van der Waals surface area contributed by atoms with Gasteiger partial charge in [0, 0.05) is 12.6 Å². The monoisotopic (exact) mass is 360 g/mol. The minimum absolute atomic E-state index is 0.0754. The third-order valence-electron chi connectivity index (χ3n) is 4.48. The van der Waals surface area contributed by atoms with Crippen LogP contribution in [0.3, 0.4) is 0 Å². The van der Waals surface area contributed by atoms with E-state index >= 15 is 0 Å². The summed E-state index contributed by atoms with van der Waals surface area (Å²) >= 11 is 0. The number of amides is 3. The Bertz CT molecular complexity index is 681. The van der Waals surface area contributed by atoms with Gasteiger partial charge in [-0.25, -0.2) is 0 Å². The van der Waals surface area contributed by atoms with E-state index in [0.717, 1.165) is 4.90 Å². The predicted octanol–water partition coefficient (Wildman–Crippen LogP) is 1.86. The van der Waals surface area contributed by atoms with E-state index in [0.29, 0.717) is 17.5 Å². The molecule has 0 spiro atoms. The highest BCUT2D eigenvalue weighted by molar-refractivity contribution is 6.22. The van der Waals surface area contributed by atoms with E-state index in [-0.39, 0.29) is 44.0 Å². The number of esters is 1. The van der Waals surface area contributed by atoms with Gasteiger partial charge < -0.3 is 9.64 Å². The van der Waals surface area contributed by atoms with Gasteiger partial charge >= 0.3 is 5.97 Å². The normalized spacial score (nSPS) is 14.2. The second kappa shape index (κ2) is 8.60. The molecule has 140 valence electrons. The number of imide groups is 1. The number of hydrogen-bond acceptors (Lipinski definition) is 5. The van der Waals surface area contributed by atoms with Crippen molar-refractivity contribution in [3.63, 3.8) is 0 Å². The lowest BCUT2D eigenvalue weighted by atomic mass is 10.1. The van der Waals surface area contributed by atoms with Crippen LogP contribution in [0.25, 0.3) is 0 Å². The lowest BCUT2D eigenvalue weighted by molar-refractivity contribution is -0.144. The van der Waals surface area contributed by atoms with Gasteiger partial charge in [-0.2, -0.15) is 0 Å². The highest BCUT2D eigenvalue weighted by atomic mass is 16.5. The standard InChI is InChI=1S/C19H24N2O5/c1-4-13(3)20(11-10-17(23)26-5-2)16(22)12-21-18(24)14-8-6-7-9-15(14)19(21)25/h6-9,13H,4-5,10-12H2,1-3H3. The molecule has 0 radical (unpaired) electrons. The molecular weight excluding hydrogens is 336 g/mol. The van der Waals surface area contributed by atoms with Gasteiger partial charge in [-0.15, -0.1) is 0 Å². The van der Waals surface area contributed by atoms with Crippen molar-refractivity contribution in [1.82, 2.24) is 9.80 Å². The second-order valence-electron chi connectivity index (χ2n) is 6.14. The van der Waals surface area contributed by atoms with Crippen LogP contribution in [0.5, 0.6) is 0 Å². The molecule has 26 heavy (non-hydrogen) atoms. The maximum Gasteiger partial charge on any atom is 0.307 e. The largest absolute Gasteiger partial charge is 0.466 e. The molecule has 2 rings (SSSR count). The summed E-state index contributed by atoms with van der Waals surface area (Å²) < 4.78 is 4.90. The number of hydrogen-bond donors (Lipinski definition) is 0. The number of carbonyl (C=O) groups excluding carboxylic acids is 4. The summed E-state index contributed by atoms with van der Waals surface area (Å²) in [5.74, 6) is -1.67. The SMILES string of the molecule is CCOC(=O)CCN(C(=O)CN1C(=O)c2ccccc2C1=O)C(C)CC. The van der Waals surface area contributed by atoms with Crippen LogP contribution in [-0.2, 0) is 14.3 Å². The lowest BCUT2D eigenvalue weighted by Gasteiger charge is -2.29. The van der Waals surface area contributed by atoms with Crippen LogP contribution in [0.1, 0.15) is 54.3 Å². The van der Waals surface area contributed by atoms with Crippen LogP contribution in [0, 0.1) is 0 Å². The molecule has 1 unspecified atom stereocenters. The summed E-state index contributed by atoms with van der Waals surface area (Å²) in [6.07, 6.45) is 0.767. The molecule has 0 aliphatic carbocycles. The van der Waals surface area contributed by atoms with E-state index in [1.54, 1.807) is 31.2 Å². The van der Waals surface area contributed by atoms with Crippen molar-refractivity contribution in [2.24, 2.45) is 0 Å². The Morgan fingerprint density at radius 2 is 1.69 bits per heavy atom. The Morgan fingerprint density at radius 3 is 2.19 bits per heavy atom. The number of benzene rings is 1. The van der Waals surface area contributed by atoms with Gasteiger partial charge in [0.15, 0.2) is 0 Å². The molecule has 1 aliphatic rings. The van der Waals surface area contributed by atoms with Gasteiger partial charge in [0.05, 0.1) is 24.2 Å². The third-order valence-corrected chi connectivity index (χ3v) is 4.48. The smallest absolute Gasteiger partial charge is 0.307 e. The minimum atomic E-state index is -0.464. The fraction of sp³-hybridized carbons (Fsp3) is 0.474. The first kappa shape index (κ1) is 19.6. The highest BCUT2D eigenvalue weighted by Gasteiger charge is 2.37. The van der Waals surface area contributed by atoms with Crippen molar-refractivity contribution in [3.8, 4) is 0 Å². The third kappa shape index (κ3) is 4.09. The van der Waals surface area contributed by atoms with Crippen LogP contribution in [0.15, 0.2) is 24.3 Å². The molecule has 1 aromatic carbocycles. The van der Waals surface area contributed by atoms with Gasteiger partial charge in [-0.1, -0.05) is 19.1 Å². The van der Waals surface area contributed by atoms with Crippen molar-refractivity contribution in [3.05, 3.63) is 35.4 Å². The maximum atomic E-state index is 12.7. The van der Waals surface area contributed by atoms with Crippen LogP contribution in [0.4, 0.5) is 0 Å². The van der Waals surface area contributed by atoms with Gasteiger partial charge in [-0.3, -0.25) is 24.1 Å². The topological polar surface area (TPSA) is 84.0 Å². The molecule has 1 aromatic rings. The molecule has 0 saturated carbocycles. The van der Waals surface area contributed by atoms with E-state index in [1.165, 1.54) is 4.90 Å². The Labute approximate surface area is 152 Å². The zero-order valence-electron chi connectivity index (χ0n) is 15.4. The molecule has 0 fully saturated rings. The van der Waals surface area contributed by atoms with Crippen LogP contribution >= 0.6 is 0 Å². The molecule has 1 aliphatic heterocycles. The first-order valence-electron chi connectivity index (χ1n) is 8.81. The maximum absolute atomic E-state index is 12.7. The summed E-state index contributed by atoms with van der Waals surface area (Å²) in [6.45, 7) is 5.65. The van der Waals surface area contributed by atoms with Gasteiger partial charge in [0.2, 0.25) is 5.91 Å². The van der Waals surface area contributed by atoms with Crippen LogP contribution in [-0.4, -0.2) is 59.2 Å². The first-order chi connectivity index (χ1) is 12.4. The summed E-state index contributed by atoms with van der Waals surface area (Å²) in [5, 5.41) is 0. The van der Waals surface area contributed by atoms with E-state index in [1.807, 2.05) is 13.8 Å². The number of rotatable bonds is 8. The molecule has 1 heterocycles. The average Bonchev–Trinajstić information content (AvgIpc) is 2.87. The van der Waals surface area contributed by atoms with Gasteiger partial charge in [0.1, 0.15) is 6.54 Å². The first-order valence-corrected chi connectivity index (χ1v) is 8.81. The second-order valence-corrected chi connectivity index (χ2v) is 6.14. The highest BCUT2D eigenvalue weighted by Crippen LogP contribution is 2.22. The summed E-state index contributed by atoms with van der Waals surface area (Å²) in [5.41, 5.74) is 0.624. The van der Waals surface area contributed by atoms with E-state index < -0.39 is 11.8 Å². The molecule has 0 aromatic heterocycles. The van der Waals surface area contributed by atoms with Crippen molar-refractivity contribution in [2.75, 3.05) is 19.7 Å². The number of nitrogens with zero attached hydrogens (tertiary/aromatic N) is 2. The number of ether oxygens (including phenoxy) is 1. The molecule has 1 atom stereocenters. The summed E-state index contributed by atoms with van der Waals surface area (Å²) in [7, 11) is 0.